The lowest BCUT2D eigenvalue weighted by Gasteiger charge is -2.39. The van der Waals surface area contributed by atoms with Gasteiger partial charge in [-0.1, -0.05) is 38.0 Å². The molecule has 110 valence electrons. The number of para-hydroxylation sites is 1. The molecule has 0 radical (unpaired) electrons. The molecule has 3 nitrogen and oxygen atoms in total. The summed E-state index contributed by atoms with van der Waals surface area (Å²) in [6, 6.07) is 8.28. The molecule has 1 aromatic rings. The first-order valence-corrected chi connectivity index (χ1v) is 7.78. The van der Waals surface area contributed by atoms with E-state index in [0.717, 1.165) is 37.7 Å². The molecule has 0 saturated heterocycles. The van der Waals surface area contributed by atoms with Gasteiger partial charge in [0.05, 0.1) is 18.8 Å². The van der Waals surface area contributed by atoms with Crippen molar-refractivity contribution in [3.63, 3.8) is 0 Å². The predicted octanol–water partition coefficient (Wildman–Crippen LogP) is 3.09. The van der Waals surface area contributed by atoms with Crippen molar-refractivity contribution in [3.8, 4) is 5.75 Å². The highest BCUT2D eigenvalue weighted by atomic mass is 16.5. The molecule has 0 spiro atoms. The standard InChI is InChI=1S/C17H25NO2/c1-13-5-4-8-17(9-13,12-18)20-11-14-10-19-16-7-3-2-6-15(14)16/h2-3,6-7,13-14H,4-5,8-12,18H2,1H3. The van der Waals surface area contributed by atoms with Gasteiger partial charge in [-0.25, -0.2) is 0 Å². The normalized spacial score (nSPS) is 32.7. The summed E-state index contributed by atoms with van der Waals surface area (Å²) >= 11 is 0. The Hall–Kier alpha value is -1.06. The number of rotatable bonds is 4. The molecule has 0 aromatic heterocycles. The van der Waals surface area contributed by atoms with Crippen LogP contribution in [-0.4, -0.2) is 25.4 Å². The van der Waals surface area contributed by atoms with Crippen LogP contribution >= 0.6 is 0 Å². The van der Waals surface area contributed by atoms with Gasteiger partial charge >= 0.3 is 0 Å². The zero-order valence-corrected chi connectivity index (χ0v) is 12.3. The van der Waals surface area contributed by atoms with Crippen LogP contribution in [0.2, 0.25) is 0 Å². The van der Waals surface area contributed by atoms with Crippen LogP contribution in [0.5, 0.6) is 5.75 Å². The highest BCUT2D eigenvalue weighted by Gasteiger charge is 2.36. The van der Waals surface area contributed by atoms with Crippen LogP contribution in [-0.2, 0) is 4.74 Å². The number of fused-ring (bicyclic) bond motifs is 1. The molecule has 3 atom stereocenters. The molecular formula is C17H25NO2. The van der Waals surface area contributed by atoms with E-state index in [9.17, 15) is 0 Å². The van der Waals surface area contributed by atoms with E-state index >= 15 is 0 Å². The van der Waals surface area contributed by atoms with E-state index in [1.165, 1.54) is 18.4 Å². The van der Waals surface area contributed by atoms with Gasteiger partial charge in [0, 0.05) is 18.0 Å². The summed E-state index contributed by atoms with van der Waals surface area (Å²) in [5.41, 5.74) is 7.20. The molecule has 3 unspecified atom stereocenters. The highest BCUT2D eigenvalue weighted by Crippen LogP contribution is 2.38. The van der Waals surface area contributed by atoms with Crippen molar-refractivity contribution in [1.82, 2.24) is 0 Å². The molecule has 2 aliphatic rings. The molecule has 3 heteroatoms. The Bertz CT molecular complexity index is 462. The van der Waals surface area contributed by atoms with Crippen molar-refractivity contribution in [1.29, 1.82) is 0 Å². The lowest BCUT2D eigenvalue weighted by atomic mass is 9.78. The van der Waals surface area contributed by atoms with E-state index in [-0.39, 0.29) is 5.60 Å². The third kappa shape index (κ3) is 2.70. The Kier molecular flexibility index (Phi) is 3.99. The van der Waals surface area contributed by atoms with Gasteiger partial charge in [0.2, 0.25) is 0 Å². The Labute approximate surface area is 121 Å². The SMILES string of the molecule is CC1CCCC(CN)(OCC2COc3ccccc32)C1. The number of nitrogens with two attached hydrogens (primary N) is 1. The molecule has 3 rings (SSSR count). The van der Waals surface area contributed by atoms with E-state index in [1.54, 1.807) is 0 Å². The third-order valence-electron chi connectivity index (χ3n) is 4.81. The molecular weight excluding hydrogens is 250 g/mol. The fourth-order valence-electron chi connectivity index (χ4n) is 3.63. The molecule has 0 bridgehead atoms. The van der Waals surface area contributed by atoms with E-state index in [1.807, 2.05) is 12.1 Å². The average molecular weight is 275 g/mol. The quantitative estimate of drug-likeness (QED) is 0.918. The lowest BCUT2D eigenvalue weighted by Crippen LogP contribution is -2.45. The number of ether oxygens (including phenoxy) is 2. The van der Waals surface area contributed by atoms with Gasteiger partial charge in [0.25, 0.3) is 0 Å². The molecule has 20 heavy (non-hydrogen) atoms. The second-order valence-corrected chi connectivity index (χ2v) is 6.45. The fourth-order valence-corrected chi connectivity index (χ4v) is 3.63. The minimum Gasteiger partial charge on any atom is -0.493 e. The molecule has 2 N–H and O–H groups in total. The second-order valence-electron chi connectivity index (χ2n) is 6.45. The van der Waals surface area contributed by atoms with Crippen LogP contribution in [0.15, 0.2) is 24.3 Å². The van der Waals surface area contributed by atoms with Crippen LogP contribution in [0.25, 0.3) is 0 Å². The maximum absolute atomic E-state index is 6.33. The first-order valence-electron chi connectivity index (χ1n) is 7.78. The van der Waals surface area contributed by atoms with Gasteiger partial charge in [-0.2, -0.15) is 0 Å². The summed E-state index contributed by atoms with van der Waals surface area (Å²) < 4.78 is 12.1. The summed E-state index contributed by atoms with van der Waals surface area (Å²) in [5, 5.41) is 0. The summed E-state index contributed by atoms with van der Waals surface area (Å²) in [6.07, 6.45) is 4.73. The minimum atomic E-state index is -0.102. The van der Waals surface area contributed by atoms with E-state index in [4.69, 9.17) is 15.2 Å². The third-order valence-corrected chi connectivity index (χ3v) is 4.81. The van der Waals surface area contributed by atoms with Gasteiger partial charge in [0.15, 0.2) is 0 Å². The first-order chi connectivity index (χ1) is 9.72. The van der Waals surface area contributed by atoms with E-state index in [0.29, 0.717) is 12.5 Å². The zero-order valence-electron chi connectivity index (χ0n) is 12.3. The monoisotopic (exact) mass is 275 g/mol. The van der Waals surface area contributed by atoms with Crippen LogP contribution in [0.1, 0.15) is 44.1 Å². The van der Waals surface area contributed by atoms with Gasteiger partial charge in [0.1, 0.15) is 5.75 Å². The van der Waals surface area contributed by atoms with Gasteiger partial charge in [-0.15, -0.1) is 0 Å². The largest absolute Gasteiger partial charge is 0.493 e. The summed E-state index contributed by atoms with van der Waals surface area (Å²) in [4.78, 5) is 0. The highest BCUT2D eigenvalue weighted by molar-refractivity contribution is 5.39. The van der Waals surface area contributed by atoms with Crippen molar-refractivity contribution in [3.05, 3.63) is 29.8 Å². The van der Waals surface area contributed by atoms with Gasteiger partial charge in [-0.3, -0.25) is 0 Å². The fraction of sp³-hybridized carbons (Fsp3) is 0.647. The van der Waals surface area contributed by atoms with Crippen molar-refractivity contribution in [2.45, 2.75) is 44.1 Å². The van der Waals surface area contributed by atoms with Gasteiger partial charge < -0.3 is 15.2 Å². The van der Waals surface area contributed by atoms with E-state index in [2.05, 4.69) is 19.1 Å². The number of hydrogen-bond donors (Lipinski definition) is 1. The Morgan fingerprint density at radius 1 is 1.40 bits per heavy atom. The van der Waals surface area contributed by atoms with Crippen molar-refractivity contribution in [2.75, 3.05) is 19.8 Å². The molecule has 1 heterocycles. The van der Waals surface area contributed by atoms with Crippen LogP contribution in [0.3, 0.4) is 0 Å². The Balaban J connectivity index is 1.64. The van der Waals surface area contributed by atoms with Crippen molar-refractivity contribution < 1.29 is 9.47 Å². The van der Waals surface area contributed by atoms with Crippen LogP contribution in [0, 0.1) is 5.92 Å². The second kappa shape index (κ2) is 5.74. The molecule has 1 saturated carbocycles. The van der Waals surface area contributed by atoms with Gasteiger partial charge in [-0.05, 0) is 24.8 Å². The Morgan fingerprint density at radius 2 is 2.25 bits per heavy atom. The maximum Gasteiger partial charge on any atom is 0.123 e. The van der Waals surface area contributed by atoms with Crippen molar-refractivity contribution in [2.24, 2.45) is 11.7 Å². The minimum absolute atomic E-state index is 0.102. The van der Waals surface area contributed by atoms with E-state index < -0.39 is 0 Å². The molecule has 1 fully saturated rings. The number of benzene rings is 1. The smallest absolute Gasteiger partial charge is 0.123 e. The number of hydrogen-bond acceptors (Lipinski definition) is 3. The molecule has 1 aromatic carbocycles. The average Bonchev–Trinajstić information content (AvgIpc) is 2.88. The lowest BCUT2D eigenvalue weighted by molar-refractivity contribution is -0.0801. The molecule has 1 aliphatic carbocycles. The summed E-state index contributed by atoms with van der Waals surface area (Å²) in [7, 11) is 0. The topological polar surface area (TPSA) is 44.5 Å². The summed E-state index contributed by atoms with van der Waals surface area (Å²) in [5.74, 6) is 2.09. The van der Waals surface area contributed by atoms with Crippen molar-refractivity contribution >= 4 is 0 Å². The molecule has 1 aliphatic heterocycles. The predicted molar refractivity (Wildman–Crippen MR) is 80.0 cm³/mol. The molecule has 0 amide bonds. The zero-order chi connectivity index (χ0) is 14.0. The van der Waals surface area contributed by atoms with Crippen LogP contribution < -0.4 is 10.5 Å². The van der Waals surface area contributed by atoms with Crippen LogP contribution in [0.4, 0.5) is 0 Å². The Morgan fingerprint density at radius 3 is 3.05 bits per heavy atom. The summed E-state index contributed by atoms with van der Waals surface area (Å²) in [6.45, 7) is 4.39. The first kappa shape index (κ1) is 13.9. The maximum atomic E-state index is 6.33.